The third kappa shape index (κ3) is 1.52. The van der Waals surface area contributed by atoms with Crippen LogP contribution in [0.2, 0.25) is 0 Å². The van der Waals surface area contributed by atoms with Crippen LogP contribution in [0, 0.1) is 5.41 Å². The fourth-order valence-electron chi connectivity index (χ4n) is 2.47. The first kappa shape index (κ1) is 10.7. The maximum atomic E-state index is 12.1. The van der Waals surface area contributed by atoms with E-state index < -0.39 is 10.0 Å². The highest BCUT2D eigenvalue weighted by atomic mass is 32.2. The molecule has 2 saturated heterocycles. The molecule has 0 amide bonds. The van der Waals surface area contributed by atoms with E-state index >= 15 is 0 Å². The molecule has 0 atom stereocenters. The van der Waals surface area contributed by atoms with Crippen molar-refractivity contribution in [2.24, 2.45) is 5.41 Å². The van der Waals surface area contributed by atoms with Crippen molar-refractivity contribution < 1.29 is 8.42 Å². The van der Waals surface area contributed by atoms with Gasteiger partial charge in [0, 0.05) is 25.0 Å². The van der Waals surface area contributed by atoms with E-state index in [0.717, 1.165) is 19.5 Å². The molecule has 0 aromatic carbocycles. The van der Waals surface area contributed by atoms with Crippen LogP contribution in [-0.2, 0) is 10.0 Å². The van der Waals surface area contributed by atoms with Crippen LogP contribution < -0.4 is 5.32 Å². The number of sulfonamides is 1. The van der Waals surface area contributed by atoms with Gasteiger partial charge in [-0.1, -0.05) is 6.07 Å². The van der Waals surface area contributed by atoms with Gasteiger partial charge in [0.1, 0.15) is 4.21 Å². The average molecular weight is 258 g/mol. The van der Waals surface area contributed by atoms with E-state index in [1.807, 2.05) is 0 Å². The molecule has 1 spiro atoms. The van der Waals surface area contributed by atoms with Crippen LogP contribution in [0.3, 0.4) is 0 Å². The molecule has 1 N–H and O–H groups in total. The highest BCUT2D eigenvalue weighted by Gasteiger charge is 2.49. The molecule has 6 heteroatoms. The third-order valence-corrected chi connectivity index (χ3v) is 6.61. The molecule has 0 radical (unpaired) electrons. The second-order valence-electron chi connectivity index (χ2n) is 4.63. The Morgan fingerprint density at radius 1 is 1.44 bits per heavy atom. The lowest BCUT2D eigenvalue weighted by Gasteiger charge is -2.46. The Bertz CT molecular complexity index is 467. The summed E-state index contributed by atoms with van der Waals surface area (Å²) < 4.78 is 26.3. The van der Waals surface area contributed by atoms with E-state index in [0.29, 0.717) is 17.3 Å². The summed E-state index contributed by atoms with van der Waals surface area (Å²) in [7, 11) is -3.20. The molecule has 2 aliphatic rings. The Hall–Kier alpha value is -0.430. The second kappa shape index (κ2) is 3.53. The molecule has 1 aromatic heterocycles. The second-order valence-corrected chi connectivity index (χ2v) is 7.74. The van der Waals surface area contributed by atoms with Crippen molar-refractivity contribution in [3.8, 4) is 0 Å². The zero-order valence-electron chi connectivity index (χ0n) is 8.85. The molecule has 0 aliphatic carbocycles. The van der Waals surface area contributed by atoms with Crippen molar-refractivity contribution in [1.82, 2.24) is 9.62 Å². The van der Waals surface area contributed by atoms with Crippen molar-refractivity contribution in [2.75, 3.05) is 26.2 Å². The fraction of sp³-hybridized carbons (Fsp3) is 0.600. The fourth-order valence-corrected chi connectivity index (χ4v) is 5.29. The van der Waals surface area contributed by atoms with Crippen LogP contribution in [0.25, 0.3) is 0 Å². The van der Waals surface area contributed by atoms with Crippen LogP contribution >= 0.6 is 11.3 Å². The Kier molecular flexibility index (Phi) is 2.36. The van der Waals surface area contributed by atoms with E-state index in [9.17, 15) is 8.42 Å². The smallest absolute Gasteiger partial charge is 0.252 e. The van der Waals surface area contributed by atoms with Crippen molar-refractivity contribution in [1.29, 1.82) is 0 Å². The third-order valence-electron chi connectivity index (χ3n) is 3.44. The summed E-state index contributed by atoms with van der Waals surface area (Å²) in [5.41, 5.74) is 0.227. The molecule has 4 nitrogen and oxygen atoms in total. The lowest BCUT2D eigenvalue weighted by atomic mass is 9.81. The van der Waals surface area contributed by atoms with Crippen molar-refractivity contribution in [3.05, 3.63) is 17.5 Å². The van der Waals surface area contributed by atoms with Gasteiger partial charge in [0.15, 0.2) is 0 Å². The van der Waals surface area contributed by atoms with Gasteiger partial charge in [0.2, 0.25) is 0 Å². The standard InChI is InChI=1S/C10H14N2O2S2/c13-16(14,9-2-1-5-15-9)12-7-10(8-12)3-4-11-6-10/h1-2,5,11H,3-4,6-8H2. The highest BCUT2D eigenvalue weighted by Crippen LogP contribution is 2.39. The summed E-state index contributed by atoms with van der Waals surface area (Å²) in [6, 6.07) is 3.46. The number of hydrogen-bond acceptors (Lipinski definition) is 4. The van der Waals surface area contributed by atoms with Crippen LogP contribution in [0.4, 0.5) is 0 Å². The van der Waals surface area contributed by atoms with Crippen molar-refractivity contribution in [2.45, 2.75) is 10.6 Å². The number of hydrogen-bond donors (Lipinski definition) is 1. The van der Waals surface area contributed by atoms with E-state index in [1.54, 1.807) is 21.8 Å². The van der Waals surface area contributed by atoms with Crippen LogP contribution in [0.1, 0.15) is 6.42 Å². The molecule has 3 heterocycles. The van der Waals surface area contributed by atoms with E-state index in [2.05, 4.69) is 5.32 Å². The number of rotatable bonds is 2. The van der Waals surface area contributed by atoms with Crippen LogP contribution in [0.15, 0.2) is 21.7 Å². The summed E-state index contributed by atoms with van der Waals surface area (Å²) >= 11 is 1.29. The minimum Gasteiger partial charge on any atom is -0.316 e. The normalized spacial score (nSPS) is 24.8. The molecule has 2 aliphatic heterocycles. The van der Waals surface area contributed by atoms with Gasteiger partial charge in [-0.3, -0.25) is 0 Å². The van der Waals surface area contributed by atoms with Gasteiger partial charge in [0.05, 0.1) is 0 Å². The lowest BCUT2D eigenvalue weighted by molar-refractivity contribution is 0.0919. The largest absolute Gasteiger partial charge is 0.316 e. The van der Waals surface area contributed by atoms with Gasteiger partial charge in [0.25, 0.3) is 10.0 Å². The van der Waals surface area contributed by atoms with Crippen molar-refractivity contribution >= 4 is 21.4 Å². The number of thiophene rings is 1. The summed E-state index contributed by atoms with van der Waals surface area (Å²) in [5.74, 6) is 0. The van der Waals surface area contributed by atoms with Gasteiger partial charge >= 0.3 is 0 Å². The minimum absolute atomic E-state index is 0.227. The maximum absolute atomic E-state index is 12.1. The summed E-state index contributed by atoms with van der Waals surface area (Å²) in [6.07, 6.45) is 1.10. The molecular weight excluding hydrogens is 244 g/mol. The maximum Gasteiger partial charge on any atom is 0.252 e. The first-order chi connectivity index (χ1) is 7.62. The van der Waals surface area contributed by atoms with Gasteiger partial charge in [-0.2, -0.15) is 4.31 Å². The molecule has 0 saturated carbocycles. The van der Waals surface area contributed by atoms with Gasteiger partial charge in [-0.15, -0.1) is 11.3 Å². The van der Waals surface area contributed by atoms with Gasteiger partial charge in [-0.25, -0.2) is 8.42 Å². The molecule has 3 rings (SSSR count). The predicted molar refractivity (Wildman–Crippen MR) is 63.0 cm³/mol. The number of nitrogens with one attached hydrogen (secondary N) is 1. The molecule has 0 bridgehead atoms. The molecule has 16 heavy (non-hydrogen) atoms. The van der Waals surface area contributed by atoms with Crippen LogP contribution in [0.5, 0.6) is 0 Å². The van der Waals surface area contributed by atoms with E-state index in [1.165, 1.54) is 11.3 Å². The topological polar surface area (TPSA) is 49.4 Å². The van der Waals surface area contributed by atoms with Gasteiger partial charge < -0.3 is 5.32 Å². The lowest BCUT2D eigenvalue weighted by Crippen LogP contribution is -2.59. The van der Waals surface area contributed by atoms with E-state index in [-0.39, 0.29) is 5.41 Å². The molecular formula is C10H14N2O2S2. The van der Waals surface area contributed by atoms with Crippen molar-refractivity contribution in [3.63, 3.8) is 0 Å². The van der Waals surface area contributed by atoms with Gasteiger partial charge in [-0.05, 0) is 24.4 Å². The quantitative estimate of drug-likeness (QED) is 0.851. The van der Waals surface area contributed by atoms with Crippen LogP contribution in [-0.4, -0.2) is 38.9 Å². The highest BCUT2D eigenvalue weighted by molar-refractivity contribution is 7.91. The first-order valence-corrected chi connectivity index (χ1v) is 7.69. The molecule has 88 valence electrons. The Balaban J connectivity index is 1.77. The Morgan fingerprint density at radius 2 is 2.25 bits per heavy atom. The first-order valence-electron chi connectivity index (χ1n) is 5.37. The average Bonchev–Trinajstić information content (AvgIpc) is 2.87. The van der Waals surface area contributed by atoms with E-state index in [4.69, 9.17) is 0 Å². The minimum atomic E-state index is -3.20. The summed E-state index contributed by atoms with van der Waals surface area (Å²) in [5, 5.41) is 5.11. The monoisotopic (exact) mass is 258 g/mol. The molecule has 0 unspecified atom stereocenters. The zero-order valence-corrected chi connectivity index (χ0v) is 10.5. The Labute approximate surface area is 99.3 Å². The Morgan fingerprint density at radius 3 is 2.81 bits per heavy atom. The SMILES string of the molecule is O=S(=O)(c1cccs1)N1CC2(CCNC2)C1. The molecule has 2 fully saturated rings. The molecule has 1 aromatic rings. The zero-order chi connectivity index (χ0) is 11.2. The summed E-state index contributed by atoms with van der Waals surface area (Å²) in [4.78, 5) is 0. The summed E-state index contributed by atoms with van der Waals surface area (Å²) in [6.45, 7) is 3.34. The number of nitrogens with zero attached hydrogens (tertiary/aromatic N) is 1. The predicted octanol–water partition coefficient (Wildman–Crippen LogP) is 0.732.